The number of amides is 1. The highest BCUT2D eigenvalue weighted by Gasteiger charge is 2.22. The van der Waals surface area contributed by atoms with Crippen molar-refractivity contribution in [1.29, 1.82) is 0 Å². The van der Waals surface area contributed by atoms with Crippen LogP contribution in [0, 0.1) is 0 Å². The molecule has 0 aliphatic rings. The lowest BCUT2D eigenvalue weighted by molar-refractivity contribution is -0.148. The summed E-state index contributed by atoms with van der Waals surface area (Å²) in [5.74, 6) is -0.848. The van der Waals surface area contributed by atoms with E-state index >= 15 is 0 Å². The molecule has 2 aromatic rings. The number of halogens is 1. The predicted molar refractivity (Wildman–Crippen MR) is 92.6 cm³/mol. The van der Waals surface area contributed by atoms with E-state index in [2.05, 4.69) is 5.32 Å². The highest BCUT2D eigenvalue weighted by atomic mass is 35.5. The molecule has 1 atom stereocenters. The van der Waals surface area contributed by atoms with Crippen LogP contribution in [0.1, 0.15) is 15.9 Å². The Bertz CT molecular complexity index is 736. The van der Waals surface area contributed by atoms with Gasteiger partial charge in [-0.05, 0) is 23.8 Å². The summed E-state index contributed by atoms with van der Waals surface area (Å²) in [7, 11) is 1.46. The number of hydrogen-bond donors (Lipinski definition) is 2. The summed E-state index contributed by atoms with van der Waals surface area (Å²) in [5.41, 5.74) is 1.04. The fourth-order valence-electron chi connectivity index (χ4n) is 2.06. The van der Waals surface area contributed by atoms with Crippen molar-refractivity contribution in [3.8, 4) is 5.75 Å². The quantitative estimate of drug-likeness (QED) is 0.736. The van der Waals surface area contributed by atoms with Crippen molar-refractivity contribution < 1.29 is 24.2 Å². The lowest BCUT2D eigenvalue weighted by Crippen LogP contribution is -2.44. The Labute approximate surface area is 150 Å². The largest absolute Gasteiger partial charge is 0.495 e. The molecule has 0 radical (unpaired) electrons. The first-order valence-corrected chi connectivity index (χ1v) is 7.88. The van der Waals surface area contributed by atoms with Gasteiger partial charge in [-0.1, -0.05) is 41.9 Å². The van der Waals surface area contributed by atoms with Gasteiger partial charge in [0.15, 0.2) is 6.04 Å². The first kappa shape index (κ1) is 18.8. The van der Waals surface area contributed by atoms with Crippen molar-refractivity contribution in [2.75, 3.05) is 13.7 Å². The van der Waals surface area contributed by atoms with Crippen molar-refractivity contribution in [2.45, 2.75) is 12.6 Å². The van der Waals surface area contributed by atoms with E-state index in [1.807, 2.05) is 18.2 Å². The highest BCUT2D eigenvalue weighted by Crippen LogP contribution is 2.24. The number of aliphatic hydroxyl groups excluding tert-OH is 1. The predicted octanol–water partition coefficient (Wildman–Crippen LogP) is 2.18. The van der Waals surface area contributed by atoms with Crippen LogP contribution in [-0.2, 0) is 16.1 Å². The first-order valence-electron chi connectivity index (χ1n) is 7.51. The number of carbonyl (C=O) groups excluding carboxylic acids is 2. The molecular formula is C18H18ClNO5. The summed E-state index contributed by atoms with van der Waals surface area (Å²) in [6.45, 7) is -0.524. The average molecular weight is 364 g/mol. The first-order chi connectivity index (χ1) is 12.0. The van der Waals surface area contributed by atoms with Crippen LogP contribution in [0.4, 0.5) is 0 Å². The molecule has 0 saturated heterocycles. The number of rotatable bonds is 7. The van der Waals surface area contributed by atoms with E-state index in [9.17, 15) is 14.7 Å². The van der Waals surface area contributed by atoms with E-state index in [1.165, 1.54) is 19.2 Å². The maximum absolute atomic E-state index is 12.2. The van der Waals surface area contributed by atoms with Gasteiger partial charge in [-0.25, -0.2) is 4.79 Å². The Balaban J connectivity index is 1.97. The third-order valence-corrected chi connectivity index (χ3v) is 3.71. The summed E-state index contributed by atoms with van der Waals surface area (Å²) in [5, 5.41) is 12.1. The zero-order valence-corrected chi connectivity index (χ0v) is 14.3. The molecule has 25 heavy (non-hydrogen) atoms. The van der Waals surface area contributed by atoms with Crippen molar-refractivity contribution in [3.05, 3.63) is 64.7 Å². The van der Waals surface area contributed by atoms with Crippen LogP contribution in [0.3, 0.4) is 0 Å². The molecule has 2 N–H and O–H groups in total. The van der Waals surface area contributed by atoms with Crippen LogP contribution in [0.25, 0.3) is 0 Å². The van der Waals surface area contributed by atoms with Crippen LogP contribution < -0.4 is 10.1 Å². The zero-order valence-electron chi connectivity index (χ0n) is 13.6. The van der Waals surface area contributed by atoms with Crippen molar-refractivity contribution in [2.24, 2.45) is 0 Å². The molecule has 0 saturated carbocycles. The number of aliphatic hydroxyl groups is 1. The average Bonchev–Trinajstić information content (AvgIpc) is 2.64. The topological polar surface area (TPSA) is 84.9 Å². The monoisotopic (exact) mass is 363 g/mol. The van der Waals surface area contributed by atoms with Gasteiger partial charge in [-0.3, -0.25) is 4.79 Å². The van der Waals surface area contributed by atoms with E-state index in [4.69, 9.17) is 21.1 Å². The number of hydrogen-bond acceptors (Lipinski definition) is 5. The van der Waals surface area contributed by atoms with Gasteiger partial charge in [0, 0.05) is 5.56 Å². The number of esters is 1. The molecule has 0 fully saturated rings. The molecule has 0 spiro atoms. The van der Waals surface area contributed by atoms with Gasteiger partial charge in [0.1, 0.15) is 12.4 Å². The minimum Gasteiger partial charge on any atom is -0.495 e. The van der Waals surface area contributed by atoms with Gasteiger partial charge in [-0.15, -0.1) is 0 Å². The number of methoxy groups -OCH3 is 1. The van der Waals surface area contributed by atoms with Crippen LogP contribution >= 0.6 is 11.6 Å². The van der Waals surface area contributed by atoms with Gasteiger partial charge in [0.2, 0.25) is 0 Å². The van der Waals surface area contributed by atoms with Crippen molar-refractivity contribution in [3.63, 3.8) is 0 Å². The smallest absolute Gasteiger partial charge is 0.331 e. The van der Waals surface area contributed by atoms with Crippen LogP contribution in [0.2, 0.25) is 5.02 Å². The molecule has 0 aliphatic carbocycles. The molecule has 2 rings (SSSR count). The van der Waals surface area contributed by atoms with E-state index in [0.29, 0.717) is 5.75 Å². The van der Waals surface area contributed by atoms with E-state index < -0.39 is 24.5 Å². The van der Waals surface area contributed by atoms with Crippen molar-refractivity contribution in [1.82, 2.24) is 5.32 Å². The number of nitrogens with one attached hydrogen (secondary N) is 1. The lowest BCUT2D eigenvalue weighted by atomic mass is 10.2. The molecule has 0 aliphatic heterocycles. The molecular weight excluding hydrogens is 346 g/mol. The molecule has 6 nitrogen and oxygen atoms in total. The molecule has 0 unspecified atom stereocenters. The summed E-state index contributed by atoms with van der Waals surface area (Å²) in [6.07, 6.45) is 0. The molecule has 7 heteroatoms. The molecule has 1 amide bonds. The molecule has 132 valence electrons. The van der Waals surface area contributed by atoms with Gasteiger partial charge in [-0.2, -0.15) is 0 Å². The second kappa shape index (κ2) is 9.05. The van der Waals surface area contributed by atoms with Crippen LogP contribution in [0.5, 0.6) is 5.75 Å². The Hall–Kier alpha value is -2.57. The second-order valence-electron chi connectivity index (χ2n) is 5.15. The minimum absolute atomic E-state index is 0.0560. The van der Waals surface area contributed by atoms with Crippen molar-refractivity contribution >= 4 is 23.5 Å². The highest BCUT2D eigenvalue weighted by molar-refractivity contribution is 6.32. The summed E-state index contributed by atoms with van der Waals surface area (Å²) >= 11 is 5.98. The maximum Gasteiger partial charge on any atom is 0.331 e. The van der Waals surface area contributed by atoms with E-state index in [1.54, 1.807) is 18.2 Å². The third kappa shape index (κ3) is 5.20. The van der Waals surface area contributed by atoms with E-state index in [0.717, 1.165) is 5.56 Å². The molecule has 2 aromatic carbocycles. The zero-order chi connectivity index (χ0) is 18.2. The number of ether oxygens (including phenoxy) is 2. The maximum atomic E-state index is 12.2. The summed E-state index contributed by atoms with van der Waals surface area (Å²) < 4.78 is 10.1. The molecule has 0 bridgehead atoms. The third-order valence-electron chi connectivity index (χ3n) is 3.41. The Morgan fingerprint density at radius 1 is 1.20 bits per heavy atom. The fourth-order valence-corrected chi connectivity index (χ4v) is 2.32. The van der Waals surface area contributed by atoms with Crippen LogP contribution in [0.15, 0.2) is 48.5 Å². The van der Waals surface area contributed by atoms with E-state index in [-0.39, 0.29) is 17.2 Å². The SMILES string of the molecule is COc1ccc(C(=O)N[C@@H](CO)C(=O)OCc2ccccc2)cc1Cl. The Morgan fingerprint density at radius 3 is 2.52 bits per heavy atom. The Kier molecular flexibility index (Phi) is 6.80. The van der Waals surface area contributed by atoms with Gasteiger partial charge in [0.05, 0.1) is 18.7 Å². The molecule has 0 heterocycles. The van der Waals surface area contributed by atoms with Crippen LogP contribution in [-0.4, -0.2) is 36.7 Å². The minimum atomic E-state index is -1.17. The van der Waals surface area contributed by atoms with Gasteiger partial charge in [0.25, 0.3) is 5.91 Å². The number of carbonyl (C=O) groups is 2. The fraction of sp³-hybridized carbons (Fsp3) is 0.222. The summed E-state index contributed by atoms with van der Waals surface area (Å²) in [6, 6.07) is 12.4. The Morgan fingerprint density at radius 2 is 1.92 bits per heavy atom. The summed E-state index contributed by atoms with van der Waals surface area (Å²) in [4.78, 5) is 24.3. The normalized spacial score (nSPS) is 11.5. The standard InChI is InChI=1S/C18H18ClNO5/c1-24-16-8-7-13(9-14(16)19)17(22)20-15(10-21)18(23)25-11-12-5-3-2-4-6-12/h2-9,15,21H,10-11H2,1H3,(H,20,22)/t15-/m0/s1. The van der Waals surface area contributed by atoms with Gasteiger partial charge >= 0.3 is 5.97 Å². The second-order valence-corrected chi connectivity index (χ2v) is 5.56. The molecule has 0 aromatic heterocycles. The number of benzene rings is 2. The lowest BCUT2D eigenvalue weighted by Gasteiger charge is -2.16. The van der Waals surface area contributed by atoms with Gasteiger partial charge < -0.3 is 19.9 Å².